The lowest BCUT2D eigenvalue weighted by Gasteiger charge is -2.16. The van der Waals surface area contributed by atoms with Crippen molar-refractivity contribution in [2.75, 3.05) is 6.26 Å². The molecule has 0 amide bonds. The molecule has 98 valence electrons. The summed E-state index contributed by atoms with van der Waals surface area (Å²) in [7, 11) is 0. The third-order valence-electron chi connectivity index (χ3n) is 2.14. The number of nitrogens with zero attached hydrogens (tertiary/aromatic N) is 2. The topological polar surface area (TPSA) is 51.8 Å². The molecule has 2 aromatic heterocycles. The zero-order valence-electron chi connectivity index (χ0n) is 9.79. The molecule has 2 unspecified atom stereocenters. The van der Waals surface area contributed by atoms with Crippen LogP contribution in [-0.2, 0) is 0 Å². The van der Waals surface area contributed by atoms with Crippen molar-refractivity contribution in [3.05, 3.63) is 20.8 Å². The largest absolute Gasteiger partial charge is 0.327 e. The molecule has 0 bridgehead atoms. The van der Waals surface area contributed by atoms with E-state index in [0.29, 0.717) is 0 Å². The minimum Gasteiger partial charge on any atom is -0.327 e. The lowest BCUT2D eigenvalue weighted by molar-refractivity contribution is 0.729. The maximum Gasteiger partial charge on any atom is 0.175 e. The molecule has 2 N–H and O–H groups in total. The summed E-state index contributed by atoms with van der Waals surface area (Å²) in [6.45, 7) is 2.03. The predicted molar refractivity (Wildman–Crippen MR) is 86.0 cm³/mol. The molecule has 0 aliphatic carbocycles. The van der Waals surface area contributed by atoms with Gasteiger partial charge in [0, 0.05) is 10.9 Å². The van der Waals surface area contributed by atoms with Crippen LogP contribution in [0.3, 0.4) is 0 Å². The zero-order valence-corrected chi connectivity index (χ0v) is 14.6. The Bertz CT molecular complexity index is 511. The number of aromatic nitrogens is 2. The molecule has 0 fully saturated rings. The molecule has 0 aliphatic rings. The zero-order chi connectivity index (χ0) is 13.1. The number of hydrogen-bond acceptors (Lipinski definition) is 7. The smallest absolute Gasteiger partial charge is 0.175 e. The molecule has 0 aromatic carbocycles. The van der Waals surface area contributed by atoms with Gasteiger partial charge in [0.1, 0.15) is 0 Å². The van der Waals surface area contributed by atoms with Crippen LogP contribution in [-0.4, -0.2) is 22.5 Å². The Labute approximate surface area is 131 Å². The quantitative estimate of drug-likeness (QED) is 0.783. The van der Waals surface area contributed by atoms with Gasteiger partial charge < -0.3 is 5.73 Å². The molecular formula is C10H12BrN3S4. The van der Waals surface area contributed by atoms with E-state index in [9.17, 15) is 0 Å². The fraction of sp³-hybridized carbons (Fsp3) is 0.400. The van der Waals surface area contributed by atoms with Crippen LogP contribution in [0.2, 0.25) is 0 Å². The molecule has 3 nitrogen and oxygen atoms in total. The van der Waals surface area contributed by atoms with E-state index in [-0.39, 0.29) is 11.3 Å². The lowest BCUT2D eigenvalue weighted by atomic mass is 10.2. The highest BCUT2D eigenvalue weighted by atomic mass is 79.9. The van der Waals surface area contributed by atoms with Crippen molar-refractivity contribution < 1.29 is 0 Å². The van der Waals surface area contributed by atoms with Gasteiger partial charge >= 0.3 is 0 Å². The second-order valence-electron chi connectivity index (χ2n) is 3.58. The summed E-state index contributed by atoms with van der Waals surface area (Å²) in [5, 5.41) is 8.53. The van der Waals surface area contributed by atoms with Crippen molar-refractivity contribution in [1.82, 2.24) is 10.2 Å². The minimum absolute atomic E-state index is 0.0715. The van der Waals surface area contributed by atoms with Crippen molar-refractivity contribution in [1.29, 1.82) is 0 Å². The summed E-state index contributed by atoms with van der Waals surface area (Å²) in [5.74, 6) is 0. The Balaban J connectivity index is 2.16. The molecule has 18 heavy (non-hydrogen) atoms. The molecule has 0 radical (unpaired) electrons. The van der Waals surface area contributed by atoms with E-state index in [1.165, 1.54) is 4.88 Å². The van der Waals surface area contributed by atoms with Crippen LogP contribution < -0.4 is 5.73 Å². The number of rotatable bonds is 5. The minimum atomic E-state index is 0.0715. The van der Waals surface area contributed by atoms with Gasteiger partial charge in [-0.15, -0.1) is 21.5 Å². The monoisotopic (exact) mass is 381 g/mol. The van der Waals surface area contributed by atoms with Crippen molar-refractivity contribution in [2.45, 2.75) is 26.9 Å². The van der Waals surface area contributed by atoms with E-state index >= 15 is 0 Å². The van der Waals surface area contributed by atoms with E-state index in [2.05, 4.69) is 38.3 Å². The van der Waals surface area contributed by atoms with Crippen molar-refractivity contribution in [2.24, 2.45) is 5.73 Å². The highest BCUT2D eigenvalue weighted by Gasteiger charge is 2.21. The van der Waals surface area contributed by atoms with Crippen LogP contribution in [0.4, 0.5) is 0 Å². The Kier molecular flexibility index (Phi) is 5.52. The molecule has 0 saturated heterocycles. The lowest BCUT2D eigenvalue weighted by Crippen LogP contribution is -2.21. The number of nitrogens with two attached hydrogens (primary N) is 1. The second-order valence-corrected chi connectivity index (χ2v) is 9.49. The summed E-state index contributed by atoms with van der Waals surface area (Å²) in [4.78, 5) is 1.27. The number of halogens is 1. The van der Waals surface area contributed by atoms with E-state index in [1.54, 1.807) is 46.2 Å². The molecule has 2 heterocycles. The molecule has 0 spiro atoms. The fourth-order valence-electron chi connectivity index (χ4n) is 1.34. The standard InChI is InChI=1S/C10H12BrN3S4/c1-5(12)8(6-3-4-7(11)16-6)17-10-14-13-9(15-2)18-10/h3-5,8H,12H2,1-2H3. The molecular weight excluding hydrogens is 370 g/mol. The molecule has 2 rings (SSSR count). The highest BCUT2D eigenvalue weighted by Crippen LogP contribution is 2.42. The third-order valence-corrected chi connectivity index (χ3v) is 7.45. The van der Waals surface area contributed by atoms with Crippen LogP contribution in [0, 0.1) is 0 Å². The molecule has 0 aliphatic heterocycles. The maximum absolute atomic E-state index is 6.09. The van der Waals surface area contributed by atoms with Crippen LogP contribution in [0.5, 0.6) is 0 Å². The molecule has 0 saturated carbocycles. The predicted octanol–water partition coefficient (Wildman–Crippen LogP) is 4.26. The van der Waals surface area contributed by atoms with Crippen molar-refractivity contribution in [3.8, 4) is 0 Å². The van der Waals surface area contributed by atoms with Crippen molar-refractivity contribution in [3.63, 3.8) is 0 Å². The van der Waals surface area contributed by atoms with E-state index in [1.807, 2.05) is 13.2 Å². The first-order valence-corrected chi connectivity index (χ1v) is 9.68. The van der Waals surface area contributed by atoms with Gasteiger partial charge in [-0.25, -0.2) is 0 Å². The van der Waals surface area contributed by atoms with Crippen LogP contribution >= 0.6 is 62.1 Å². The first-order valence-electron chi connectivity index (χ1n) is 5.15. The van der Waals surface area contributed by atoms with Gasteiger partial charge in [0.05, 0.1) is 9.04 Å². The first-order chi connectivity index (χ1) is 8.60. The highest BCUT2D eigenvalue weighted by molar-refractivity contribution is 9.11. The van der Waals surface area contributed by atoms with Gasteiger partial charge in [0.2, 0.25) is 0 Å². The van der Waals surface area contributed by atoms with Crippen LogP contribution in [0.25, 0.3) is 0 Å². The fourth-order valence-corrected chi connectivity index (χ4v) is 5.77. The summed E-state index contributed by atoms with van der Waals surface area (Å²) < 4.78 is 3.10. The van der Waals surface area contributed by atoms with E-state index < -0.39 is 0 Å². The van der Waals surface area contributed by atoms with Gasteiger partial charge in [0.15, 0.2) is 8.68 Å². The Morgan fingerprint density at radius 2 is 2.00 bits per heavy atom. The van der Waals surface area contributed by atoms with E-state index in [0.717, 1.165) is 12.5 Å². The summed E-state index contributed by atoms with van der Waals surface area (Å²) in [6, 6.07) is 4.25. The number of thioether (sulfide) groups is 2. The Hall–Kier alpha value is 0.400. The third kappa shape index (κ3) is 3.71. The summed E-state index contributed by atoms with van der Waals surface area (Å²) in [6.07, 6.45) is 2.01. The van der Waals surface area contributed by atoms with E-state index in [4.69, 9.17) is 5.73 Å². The number of hydrogen-bond donors (Lipinski definition) is 1. The second kappa shape index (κ2) is 6.71. The Morgan fingerprint density at radius 3 is 2.50 bits per heavy atom. The average molecular weight is 382 g/mol. The molecule has 2 atom stereocenters. The summed E-state index contributed by atoms with van der Waals surface area (Å²) >= 11 is 10.2. The van der Waals surface area contributed by atoms with Gasteiger partial charge in [-0.1, -0.05) is 34.9 Å². The van der Waals surface area contributed by atoms with Gasteiger partial charge in [-0.2, -0.15) is 0 Å². The van der Waals surface area contributed by atoms with Crippen LogP contribution in [0.1, 0.15) is 17.1 Å². The summed E-state index contributed by atoms with van der Waals surface area (Å²) in [5.41, 5.74) is 6.09. The number of thiophene rings is 1. The SMILES string of the molecule is CSc1nnc(SC(c2ccc(Br)s2)C(C)N)s1. The van der Waals surface area contributed by atoms with Crippen molar-refractivity contribution >= 4 is 62.1 Å². The van der Waals surface area contributed by atoms with Gasteiger partial charge in [-0.05, 0) is 41.2 Å². The molecule has 2 aromatic rings. The maximum atomic E-state index is 6.09. The average Bonchev–Trinajstić information content (AvgIpc) is 2.94. The first kappa shape index (κ1) is 14.8. The molecule has 8 heteroatoms. The van der Waals surface area contributed by atoms with Gasteiger partial charge in [0.25, 0.3) is 0 Å². The normalized spacial score (nSPS) is 14.7. The Morgan fingerprint density at radius 1 is 1.28 bits per heavy atom. The van der Waals surface area contributed by atoms with Crippen LogP contribution in [0.15, 0.2) is 24.6 Å². The van der Waals surface area contributed by atoms with Gasteiger partial charge in [-0.3, -0.25) is 0 Å².